The van der Waals surface area contributed by atoms with Crippen molar-refractivity contribution in [2.24, 2.45) is 5.92 Å². The number of aromatic nitrogens is 2. The molecule has 0 aliphatic heterocycles. The smallest absolute Gasteiger partial charge is 0.306 e. The minimum absolute atomic E-state index is 0.126. The van der Waals surface area contributed by atoms with Gasteiger partial charge in [-0.05, 0) is 24.3 Å². The van der Waals surface area contributed by atoms with E-state index in [1.807, 2.05) is 0 Å². The molecule has 0 spiro atoms. The minimum Gasteiger partial charge on any atom is -0.465 e. The summed E-state index contributed by atoms with van der Waals surface area (Å²) < 4.78 is 5.33. The minimum atomic E-state index is -0.126. The van der Waals surface area contributed by atoms with E-state index in [1.165, 1.54) is 19.2 Å². The number of esters is 1. The van der Waals surface area contributed by atoms with Crippen LogP contribution in [0, 0.1) is 5.92 Å². The molecule has 0 N–H and O–H groups in total. The van der Waals surface area contributed by atoms with Crippen LogP contribution in [-0.2, 0) is 16.0 Å². The maximum atomic E-state index is 11.6. The zero-order valence-corrected chi connectivity index (χ0v) is 12.0. The van der Waals surface area contributed by atoms with Crippen molar-refractivity contribution >= 4 is 5.97 Å². The van der Waals surface area contributed by atoms with Crippen molar-refractivity contribution in [2.75, 3.05) is 6.61 Å². The Morgan fingerprint density at radius 2 is 2.05 bits per heavy atom. The highest BCUT2D eigenvalue weighted by Gasteiger charge is 2.10. The molecule has 1 aromatic rings. The van der Waals surface area contributed by atoms with E-state index in [9.17, 15) is 4.79 Å². The molecule has 1 atom stereocenters. The highest BCUT2D eigenvalue weighted by molar-refractivity contribution is 5.69. The molecule has 1 unspecified atom stereocenters. The standard InChI is InChI=1S/C15H24N2O2/c1-3-5-6-13(4-2)11-19-15(18)8-7-14-9-16-12-17-10-14/h9-10,12-13H,3-8,11H2,1-2H3. The van der Waals surface area contributed by atoms with Crippen LogP contribution in [0.25, 0.3) is 0 Å². The molecule has 0 amide bonds. The number of rotatable bonds is 9. The average Bonchev–Trinajstić information content (AvgIpc) is 2.46. The molecule has 0 fully saturated rings. The number of carbonyl (C=O) groups excluding carboxylic acids is 1. The Kier molecular flexibility index (Phi) is 7.78. The third-order valence-corrected chi connectivity index (χ3v) is 3.26. The lowest BCUT2D eigenvalue weighted by Gasteiger charge is -2.14. The van der Waals surface area contributed by atoms with E-state index in [2.05, 4.69) is 23.8 Å². The molecule has 1 rings (SSSR count). The summed E-state index contributed by atoms with van der Waals surface area (Å²) in [5.41, 5.74) is 0.970. The zero-order valence-electron chi connectivity index (χ0n) is 12.0. The van der Waals surface area contributed by atoms with Gasteiger partial charge in [0.25, 0.3) is 0 Å². The summed E-state index contributed by atoms with van der Waals surface area (Å²) in [5.74, 6) is 0.378. The molecule has 0 saturated heterocycles. The lowest BCUT2D eigenvalue weighted by Crippen LogP contribution is -2.14. The first-order valence-electron chi connectivity index (χ1n) is 7.15. The van der Waals surface area contributed by atoms with Crippen LogP contribution in [0.15, 0.2) is 18.7 Å². The highest BCUT2D eigenvalue weighted by atomic mass is 16.5. The van der Waals surface area contributed by atoms with E-state index in [-0.39, 0.29) is 5.97 Å². The Morgan fingerprint density at radius 3 is 2.68 bits per heavy atom. The Morgan fingerprint density at radius 1 is 1.32 bits per heavy atom. The number of hydrogen-bond donors (Lipinski definition) is 0. The second kappa shape index (κ2) is 9.48. The van der Waals surface area contributed by atoms with Crippen LogP contribution in [-0.4, -0.2) is 22.5 Å². The van der Waals surface area contributed by atoms with Gasteiger partial charge in [0.1, 0.15) is 6.33 Å². The monoisotopic (exact) mass is 264 g/mol. The van der Waals surface area contributed by atoms with Crippen molar-refractivity contribution in [2.45, 2.75) is 52.4 Å². The summed E-state index contributed by atoms with van der Waals surface area (Å²) in [5, 5.41) is 0. The van der Waals surface area contributed by atoms with Crippen LogP contribution >= 0.6 is 0 Å². The van der Waals surface area contributed by atoms with Crippen molar-refractivity contribution in [3.05, 3.63) is 24.3 Å². The van der Waals surface area contributed by atoms with Crippen molar-refractivity contribution in [1.82, 2.24) is 9.97 Å². The number of carbonyl (C=O) groups is 1. The van der Waals surface area contributed by atoms with Gasteiger partial charge in [-0.1, -0.05) is 33.1 Å². The molecule has 0 aliphatic carbocycles. The second-order valence-corrected chi connectivity index (χ2v) is 4.85. The number of aryl methyl sites for hydroxylation is 1. The molecule has 4 nitrogen and oxygen atoms in total. The van der Waals surface area contributed by atoms with Crippen molar-refractivity contribution in [3.8, 4) is 0 Å². The van der Waals surface area contributed by atoms with Crippen LogP contribution in [0.5, 0.6) is 0 Å². The maximum Gasteiger partial charge on any atom is 0.306 e. The van der Waals surface area contributed by atoms with E-state index < -0.39 is 0 Å². The van der Waals surface area contributed by atoms with Crippen molar-refractivity contribution in [1.29, 1.82) is 0 Å². The normalized spacial score (nSPS) is 12.1. The van der Waals surface area contributed by atoms with Crippen LogP contribution in [0.1, 0.15) is 51.5 Å². The average molecular weight is 264 g/mol. The number of unbranched alkanes of at least 4 members (excludes halogenated alkanes) is 1. The summed E-state index contributed by atoms with van der Waals surface area (Å²) in [7, 11) is 0. The van der Waals surface area contributed by atoms with Gasteiger partial charge in [0.2, 0.25) is 0 Å². The quantitative estimate of drug-likeness (QED) is 0.643. The van der Waals surface area contributed by atoms with Crippen LogP contribution in [0.3, 0.4) is 0 Å². The molecule has 4 heteroatoms. The van der Waals surface area contributed by atoms with Crippen molar-refractivity contribution in [3.63, 3.8) is 0 Å². The van der Waals surface area contributed by atoms with Gasteiger partial charge >= 0.3 is 5.97 Å². The number of ether oxygens (including phenoxy) is 1. The van der Waals surface area contributed by atoms with Gasteiger partial charge in [-0.3, -0.25) is 4.79 Å². The fourth-order valence-corrected chi connectivity index (χ4v) is 1.89. The largest absolute Gasteiger partial charge is 0.465 e. The molecular weight excluding hydrogens is 240 g/mol. The predicted octanol–water partition coefficient (Wildman–Crippen LogP) is 3.17. The van der Waals surface area contributed by atoms with Gasteiger partial charge < -0.3 is 4.74 Å². The summed E-state index contributed by atoms with van der Waals surface area (Å²) in [6.45, 7) is 4.89. The zero-order chi connectivity index (χ0) is 13.9. The predicted molar refractivity (Wildman–Crippen MR) is 74.6 cm³/mol. The van der Waals surface area contributed by atoms with E-state index in [0.29, 0.717) is 25.4 Å². The third-order valence-electron chi connectivity index (χ3n) is 3.26. The van der Waals surface area contributed by atoms with Gasteiger partial charge in [0, 0.05) is 18.8 Å². The fourth-order valence-electron chi connectivity index (χ4n) is 1.89. The fraction of sp³-hybridized carbons (Fsp3) is 0.667. The SMILES string of the molecule is CCCCC(CC)COC(=O)CCc1cncnc1. The second-order valence-electron chi connectivity index (χ2n) is 4.85. The Bertz CT molecular complexity index is 354. The van der Waals surface area contributed by atoms with E-state index in [4.69, 9.17) is 4.74 Å². The Balaban J connectivity index is 2.20. The first-order chi connectivity index (χ1) is 9.26. The van der Waals surface area contributed by atoms with E-state index >= 15 is 0 Å². The number of nitrogens with zero attached hydrogens (tertiary/aromatic N) is 2. The summed E-state index contributed by atoms with van der Waals surface area (Å²) in [6.07, 6.45) is 10.6. The van der Waals surface area contributed by atoms with Crippen LogP contribution in [0.2, 0.25) is 0 Å². The molecular formula is C15H24N2O2. The summed E-state index contributed by atoms with van der Waals surface area (Å²) in [6, 6.07) is 0. The molecule has 106 valence electrons. The molecule has 0 aromatic carbocycles. The summed E-state index contributed by atoms with van der Waals surface area (Å²) >= 11 is 0. The molecule has 0 aliphatic rings. The summed E-state index contributed by atoms with van der Waals surface area (Å²) in [4.78, 5) is 19.5. The van der Waals surface area contributed by atoms with Gasteiger partial charge in [0.05, 0.1) is 6.61 Å². The molecule has 19 heavy (non-hydrogen) atoms. The van der Waals surface area contributed by atoms with Crippen LogP contribution < -0.4 is 0 Å². The first-order valence-corrected chi connectivity index (χ1v) is 7.15. The van der Waals surface area contributed by atoms with E-state index in [0.717, 1.165) is 18.4 Å². The van der Waals surface area contributed by atoms with Gasteiger partial charge in [0.15, 0.2) is 0 Å². The van der Waals surface area contributed by atoms with Crippen LogP contribution in [0.4, 0.5) is 0 Å². The molecule has 0 radical (unpaired) electrons. The van der Waals surface area contributed by atoms with Gasteiger partial charge in [-0.2, -0.15) is 0 Å². The maximum absolute atomic E-state index is 11.6. The lowest BCUT2D eigenvalue weighted by molar-refractivity contribution is -0.145. The highest BCUT2D eigenvalue weighted by Crippen LogP contribution is 2.13. The Labute approximate surface area is 115 Å². The molecule has 0 bridgehead atoms. The third kappa shape index (κ3) is 6.89. The lowest BCUT2D eigenvalue weighted by atomic mass is 10.0. The topological polar surface area (TPSA) is 52.1 Å². The van der Waals surface area contributed by atoms with Gasteiger partial charge in [-0.25, -0.2) is 9.97 Å². The molecule has 1 aromatic heterocycles. The molecule has 1 heterocycles. The number of hydrogen-bond acceptors (Lipinski definition) is 4. The first kappa shape index (κ1) is 15.6. The van der Waals surface area contributed by atoms with Crippen molar-refractivity contribution < 1.29 is 9.53 Å². The Hall–Kier alpha value is -1.45. The van der Waals surface area contributed by atoms with E-state index in [1.54, 1.807) is 12.4 Å². The molecule has 0 saturated carbocycles. The van der Waals surface area contributed by atoms with Gasteiger partial charge in [-0.15, -0.1) is 0 Å².